The zero-order valence-electron chi connectivity index (χ0n) is 44.9. The number of carbonyl (C=O) groups excluding carboxylic acids is 1. The standard InChI is InChI=1S/C66H71F4NO6/c1-5-6-7-10-42-13-15-44(16-14-42)45-17-19-46(20-18-45)63(72)76-53-31-25-50(26-32-53)71-37-34-43(35-38-71)39-47-40-56-57(41-59(47)75-4)62-55(61-60(56)54-11-8-9-12-58(54)65(61,67)66(68,69)70)33-36-64(77-62,48-21-27-51(73-2)28-22-48)49-23-29-52(74-3)30-24-49/h8-9,11-12,21-33,36,40-46H,5-7,10,13-20,34-35,37-39H2,1-4H3. The van der Waals surface area contributed by atoms with Gasteiger partial charge in [-0.1, -0.05) is 100 Å². The van der Waals surface area contributed by atoms with E-state index in [4.69, 9.17) is 23.7 Å². The summed E-state index contributed by atoms with van der Waals surface area (Å²) in [6, 6.07) is 32.3. The maximum Gasteiger partial charge on any atom is 0.431 e. The summed E-state index contributed by atoms with van der Waals surface area (Å²) in [5.41, 5.74) is -2.45. The van der Waals surface area contributed by atoms with Gasteiger partial charge in [0.2, 0.25) is 0 Å². The van der Waals surface area contributed by atoms with Gasteiger partial charge in [-0.15, -0.1) is 0 Å². The Morgan fingerprint density at radius 3 is 1.90 bits per heavy atom. The van der Waals surface area contributed by atoms with Crippen molar-refractivity contribution < 1.29 is 46.0 Å². The van der Waals surface area contributed by atoms with E-state index in [1.165, 1.54) is 63.5 Å². The summed E-state index contributed by atoms with van der Waals surface area (Å²) in [6.45, 7) is 3.85. The molecule has 2 heterocycles. The monoisotopic (exact) mass is 1050 g/mol. The van der Waals surface area contributed by atoms with Crippen LogP contribution in [-0.4, -0.2) is 46.6 Å². The first kappa shape index (κ1) is 52.6. The van der Waals surface area contributed by atoms with E-state index in [-0.39, 0.29) is 40.2 Å². The lowest BCUT2D eigenvalue weighted by Gasteiger charge is -2.38. The van der Waals surface area contributed by atoms with Gasteiger partial charge in [0.25, 0.3) is 5.67 Å². The number of rotatable bonds is 15. The van der Waals surface area contributed by atoms with Crippen molar-refractivity contribution in [3.63, 3.8) is 0 Å². The van der Waals surface area contributed by atoms with Gasteiger partial charge in [-0.2, -0.15) is 13.2 Å². The van der Waals surface area contributed by atoms with E-state index >= 15 is 17.6 Å². The van der Waals surface area contributed by atoms with Crippen LogP contribution >= 0.6 is 0 Å². The highest BCUT2D eigenvalue weighted by atomic mass is 19.4. The van der Waals surface area contributed by atoms with E-state index in [0.717, 1.165) is 80.6 Å². The third-order valence-corrected chi connectivity index (χ3v) is 18.2. The molecule has 6 aromatic carbocycles. The second-order valence-electron chi connectivity index (χ2n) is 22.5. The fourth-order valence-electron chi connectivity index (χ4n) is 13.9. The SMILES string of the molecule is CCCCCC1CCC(C2CCC(C(=O)Oc3ccc(N4CCC(Cc5cc6c7c(c8c(c6cc5OC)OC(c5ccc(OC)cc5)(c5ccc(OC)cc5)C=C8)C(F)(C(F)(F)F)c5ccccc5-7)CC4)cc3)CC2)CC1. The Balaban J connectivity index is 0.826. The molecule has 5 aliphatic rings. The summed E-state index contributed by atoms with van der Waals surface area (Å²) in [6.07, 6.45) is 15.3. The molecule has 3 fully saturated rings. The smallest absolute Gasteiger partial charge is 0.431 e. The van der Waals surface area contributed by atoms with Gasteiger partial charge in [-0.05, 0) is 170 Å². The minimum atomic E-state index is -5.30. The van der Waals surface area contributed by atoms with Crippen molar-refractivity contribution in [1.82, 2.24) is 0 Å². The Morgan fingerprint density at radius 1 is 0.688 bits per heavy atom. The Kier molecular flexibility index (Phi) is 14.8. The van der Waals surface area contributed by atoms with Crippen LogP contribution < -0.4 is 28.6 Å². The second-order valence-corrected chi connectivity index (χ2v) is 22.5. The molecular formula is C66H71F4NO6. The number of hydrogen-bond acceptors (Lipinski definition) is 7. The first-order valence-electron chi connectivity index (χ1n) is 28.2. The van der Waals surface area contributed by atoms with Crippen LogP contribution in [0.5, 0.6) is 28.7 Å². The molecule has 6 aromatic rings. The van der Waals surface area contributed by atoms with Crippen LogP contribution in [-0.2, 0) is 22.5 Å². The van der Waals surface area contributed by atoms with E-state index in [0.29, 0.717) is 51.3 Å². The number of unbranched alkanes of at least 4 members (excludes halogenated alkanes) is 2. The van der Waals surface area contributed by atoms with Gasteiger partial charge in [-0.25, -0.2) is 4.39 Å². The molecule has 0 aromatic heterocycles. The molecule has 77 heavy (non-hydrogen) atoms. The molecular weight excluding hydrogens is 979 g/mol. The van der Waals surface area contributed by atoms with Crippen molar-refractivity contribution in [2.45, 2.75) is 121 Å². The van der Waals surface area contributed by atoms with Gasteiger partial charge >= 0.3 is 12.1 Å². The molecule has 1 unspecified atom stereocenters. The number of anilines is 1. The highest BCUT2D eigenvalue weighted by Crippen LogP contribution is 2.64. The molecule has 3 aliphatic carbocycles. The third kappa shape index (κ3) is 9.83. The van der Waals surface area contributed by atoms with Gasteiger partial charge < -0.3 is 28.6 Å². The number of esters is 1. The molecule has 404 valence electrons. The summed E-state index contributed by atoms with van der Waals surface area (Å²) in [4.78, 5) is 15.7. The van der Waals surface area contributed by atoms with Crippen molar-refractivity contribution in [2.75, 3.05) is 39.3 Å². The topological polar surface area (TPSA) is 66.5 Å². The Bertz CT molecular complexity index is 3040. The second kappa shape index (κ2) is 21.7. The van der Waals surface area contributed by atoms with Crippen molar-refractivity contribution in [2.24, 2.45) is 29.6 Å². The average Bonchev–Trinajstić information content (AvgIpc) is 4.04. The van der Waals surface area contributed by atoms with Gasteiger partial charge in [-0.3, -0.25) is 4.79 Å². The predicted octanol–water partition coefficient (Wildman–Crippen LogP) is 16.5. The van der Waals surface area contributed by atoms with Crippen molar-refractivity contribution in [3.05, 3.63) is 149 Å². The minimum Gasteiger partial charge on any atom is -0.497 e. The first-order chi connectivity index (χ1) is 37.3. The molecule has 0 spiro atoms. The highest BCUT2D eigenvalue weighted by molar-refractivity contribution is 6.09. The number of alkyl halides is 4. The molecule has 2 aliphatic heterocycles. The molecule has 0 radical (unpaired) electrons. The average molecular weight is 1050 g/mol. The quantitative estimate of drug-likeness (QED) is 0.0439. The number of methoxy groups -OCH3 is 3. The van der Waals surface area contributed by atoms with Gasteiger partial charge in [0, 0.05) is 52.0 Å². The summed E-state index contributed by atoms with van der Waals surface area (Å²) >= 11 is 0. The lowest BCUT2D eigenvalue weighted by atomic mass is 9.68. The van der Waals surface area contributed by atoms with Crippen LogP contribution in [0.2, 0.25) is 0 Å². The van der Waals surface area contributed by atoms with Crippen LogP contribution in [0.3, 0.4) is 0 Å². The number of piperidine rings is 1. The minimum absolute atomic E-state index is 0.0207. The largest absolute Gasteiger partial charge is 0.497 e. The van der Waals surface area contributed by atoms with Crippen LogP contribution in [0.4, 0.5) is 23.2 Å². The molecule has 0 amide bonds. The number of hydrogen-bond donors (Lipinski definition) is 0. The van der Waals surface area contributed by atoms with E-state index < -0.39 is 28.6 Å². The lowest BCUT2D eigenvalue weighted by Crippen LogP contribution is -2.39. The third-order valence-electron chi connectivity index (χ3n) is 18.2. The van der Waals surface area contributed by atoms with E-state index in [1.807, 2.05) is 60.7 Å². The molecule has 1 atom stereocenters. The first-order valence-corrected chi connectivity index (χ1v) is 28.2. The van der Waals surface area contributed by atoms with Crippen molar-refractivity contribution in [1.29, 1.82) is 0 Å². The van der Waals surface area contributed by atoms with Crippen LogP contribution in [0, 0.1) is 29.6 Å². The van der Waals surface area contributed by atoms with Crippen LogP contribution in [0.15, 0.2) is 115 Å². The Labute approximate surface area is 450 Å². The summed E-state index contributed by atoms with van der Waals surface area (Å²) < 4.78 is 95.3. The molecule has 11 rings (SSSR count). The van der Waals surface area contributed by atoms with Crippen molar-refractivity contribution >= 4 is 28.5 Å². The number of ether oxygens (including phenoxy) is 5. The lowest BCUT2D eigenvalue weighted by molar-refractivity contribution is -0.217. The number of halogens is 4. The van der Waals surface area contributed by atoms with Crippen molar-refractivity contribution in [3.8, 4) is 39.9 Å². The van der Waals surface area contributed by atoms with Crippen LogP contribution in [0.25, 0.3) is 28.0 Å². The number of carbonyl (C=O) groups is 1. The van der Waals surface area contributed by atoms with Gasteiger partial charge in [0.15, 0.2) is 5.60 Å². The summed E-state index contributed by atoms with van der Waals surface area (Å²) in [5.74, 6) is 5.04. The summed E-state index contributed by atoms with van der Waals surface area (Å²) in [7, 11) is 4.75. The molecule has 1 saturated heterocycles. The Hall–Kier alpha value is -6.49. The van der Waals surface area contributed by atoms with Gasteiger partial charge in [0.05, 0.1) is 27.2 Å². The molecule has 11 heteroatoms. The fraction of sp³-hybridized carbons (Fsp3) is 0.439. The maximum absolute atomic E-state index is 17.9. The summed E-state index contributed by atoms with van der Waals surface area (Å²) in [5, 5.41) is 0.962. The highest BCUT2D eigenvalue weighted by Gasteiger charge is 2.64. The fourth-order valence-corrected chi connectivity index (χ4v) is 13.9. The van der Waals surface area contributed by atoms with E-state index in [1.54, 1.807) is 69.9 Å². The number of nitrogens with zero attached hydrogens (tertiary/aromatic N) is 1. The predicted molar refractivity (Wildman–Crippen MR) is 296 cm³/mol. The Morgan fingerprint density at radius 2 is 1.30 bits per heavy atom. The normalized spacial score (nSPS) is 22.9. The molecule has 7 nitrogen and oxygen atoms in total. The molecule has 0 bridgehead atoms. The number of fused-ring (bicyclic) bond motifs is 8. The zero-order valence-corrected chi connectivity index (χ0v) is 44.9. The van der Waals surface area contributed by atoms with Gasteiger partial charge in [0.1, 0.15) is 28.7 Å². The van der Waals surface area contributed by atoms with E-state index in [2.05, 4.69) is 11.8 Å². The van der Waals surface area contributed by atoms with E-state index in [9.17, 15) is 4.79 Å². The molecule has 0 N–H and O–H groups in total. The zero-order chi connectivity index (χ0) is 53.5. The number of benzene rings is 6. The van der Waals surface area contributed by atoms with Crippen LogP contribution in [0.1, 0.15) is 130 Å². The molecule has 2 saturated carbocycles. The maximum atomic E-state index is 17.9.